The molecule has 0 saturated heterocycles. The zero-order chi connectivity index (χ0) is 15.5. The van der Waals surface area contributed by atoms with Gasteiger partial charge in [-0.1, -0.05) is 30.3 Å². The number of alkyl carbamates (subject to hydrolysis) is 1. The average molecular weight is 293 g/mol. The van der Waals surface area contributed by atoms with Gasteiger partial charge in [0.25, 0.3) is 0 Å². The lowest BCUT2D eigenvalue weighted by Crippen LogP contribution is -2.39. The molecule has 21 heavy (non-hydrogen) atoms. The Kier molecular flexibility index (Phi) is 7.89. The van der Waals surface area contributed by atoms with E-state index in [0.717, 1.165) is 18.4 Å². The Morgan fingerprint density at radius 2 is 1.95 bits per heavy atom. The van der Waals surface area contributed by atoms with Gasteiger partial charge in [0.05, 0.1) is 6.04 Å². The fourth-order valence-electron chi connectivity index (χ4n) is 1.87. The third-order valence-electron chi connectivity index (χ3n) is 3.09. The van der Waals surface area contributed by atoms with Gasteiger partial charge in [-0.15, -0.1) is 0 Å². The number of rotatable bonds is 9. The van der Waals surface area contributed by atoms with E-state index >= 15 is 0 Å². The van der Waals surface area contributed by atoms with Crippen LogP contribution in [0, 0.1) is 0 Å². The van der Waals surface area contributed by atoms with Gasteiger partial charge in [0.1, 0.15) is 6.61 Å². The van der Waals surface area contributed by atoms with Crippen LogP contribution in [-0.2, 0) is 16.1 Å². The summed E-state index contributed by atoms with van der Waals surface area (Å²) in [5.74, 6) is -0.354. The first-order valence-electron chi connectivity index (χ1n) is 7.04. The quantitative estimate of drug-likeness (QED) is 0.595. The van der Waals surface area contributed by atoms with Crippen molar-refractivity contribution in [3.63, 3.8) is 0 Å². The molecule has 6 nitrogen and oxygen atoms in total. The molecule has 0 aliphatic heterocycles. The SMILES string of the molecule is CN[C@@H](CCCCNC(=O)OCc1ccccc1)C(N)=O. The lowest BCUT2D eigenvalue weighted by atomic mass is 10.1. The molecule has 0 bridgehead atoms. The maximum atomic E-state index is 11.5. The van der Waals surface area contributed by atoms with Crippen LogP contribution in [0.4, 0.5) is 4.79 Å². The highest BCUT2D eigenvalue weighted by Gasteiger charge is 2.11. The number of ether oxygens (including phenoxy) is 1. The van der Waals surface area contributed by atoms with Crippen LogP contribution < -0.4 is 16.4 Å². The Balaban J connectivity index is 2.07. The lowest BCUT2D eigenvalue weighted by molar-refractivity contribution is -0.120. The van der Waals surface area contributed by atoms with Gasteiger partial charge in [0, 0.05) is 6.54 Å². The summed E-state index contributed by atoms with van der Waals surface area (Å²) in [5, 5.41) is 5.53. The fourth-order valence-corrected chi connectivity index (χ4v) is 1.87. The van der Waals surface area contributed by atoms with Crippen LogP contribution in [0.1, 0.15) is 24.8 Å². The molecule has 1 rings (SSSR count). The van der Waals surface area contributed by atoms with E-state index in [1.54, 1.807) is 7.05 Å². The Hall–Kier alpha value is -2.08. The van der Waals surface area contributed by atoms with Crippen LogP contribution in [0.25, 0.3) is 0 Å². The highest BCUT2D eigenvalue weighted by Crippen LogP contribution is 2.01. The molecule has 0 aromatic heterocycles. The molecule has 0 spiro atoms. The third kappa shape index (κ3) is 7.31. The number of carbonyl (C=O) groups is 2. The minimum Gasteiger partial charge on any atom is -0.445 e. The minimum absolute atomic E-state index is 0.260. The average Bonchev–Trinajstić information content (AvgIpc) is 2.49. The summed E-state index contributed by atoms with van der Waals surface area (Å²) in [5.41, 5.74) is 6.16. The molecule has 4 N–H and O–H groups in total. The molecule has 0 aliphatic carbocycles. The molecule has 0 saturated carbocycles. The van der Waals surface area contributed by atoms with Crippen molar-refractivity contribution in [2.75, 3.05) is 13.6 Å². The summed E-state index contributed by atoms with van der Waals surface area (Å²) in [6.45, 7) is 0.777. The summed E-state index contributed by atoms with van der Waals surface area (Å²) in [6, 6.07) is 9.19. The molecule has 0 fully saturated rings. The van der Waals surface area contributed by atoms with Crippen LogP contribution in [0.3, 0.4) is 0 Å². The standard InChI is InChI=1S/C15H23N3O3/c1-17-13(14(16)19)9-5-6-10-18-15(20)21-11-12-7-3-2-4-8-12/h2-4,7-8,13,17H,5-6,9-11H2,1H3,(H2,16,19)(H,18,20)/t13-/m0/s1. The first-order chi connectivity index (χ1) is 10.1. The molecule has 0 heterocycles. The fraction of sp³-hybridized carbons (Fsp3) is 0.467. The normalized spacial score (nSPS) is 11.7. The molecule has 2 amide bonds. The van der Waals surface area contributed by atoms with Crippen molar-refractivity contribution >= 4 is 12.0 Å². The van der Waals surface area contributed by atoms with Crippen LogP contribution in [0.15, 0.2) is 30.3 Å². The third-order valence-corrected chi connectivity index (χ3v) is 3.09. The first kappa shape index (κ1) is 17.0. The molecule has 1 atom stereocenters. The zero-order valence-corrected chi connectivity index (χ0v) is 12.3. The van der Waals surface area contributed by atoms with E-state index in [1.165, 1.54) is 0 Å². The monoisotopic (exact) mass is 293 g/mol. The van der Waals surface area contributed by atoms with Crippen molar-refractivity contribution in [1.82, 2.24) is 10.6 Å². The Morgan fingerprint density at radius 3 is 2.57 bits per heavy atom. The van der Waals surface area contributed by atoms with Crippen molar-refractivity contribution in [3.8, 4) is 0 Å². The number of hydrogen-bond donors (Lipinski definition) is 3. The second-order valence-corrected chi connectivity index (χ2v) is 4.73. The van der Waals surface area contributed by atoms with E-state index < -0.39 is 6.09 Å². The van der Waals surface area contributed by atoms with Gasteiger partial charge in [-0.05, 0) is 31.9 Å². The number of nitrogens with one attached hydrogen (secondary N) is 2. The van der Waals surface area contributed by atoms with Gasteiger partial charge in [-0.3, -0.25) is 4.79 Å². The number of unbranched alkanes of at least 4 members (excludes halogenated alkanes) is 1. The Labute approximate surface area is 125 Å². The Morgan fingerprint density at radius 1 is 1.24 bits per heavy atom. The lowest BCUT2D eigenvalue weighted by Gasteiger charge is -2.11. The summed E-state index contributed by atoms with van der Waals surface area (Å²) >= 11 is 0. The maximum absolute atomic E-state index is 11.5. The van der Waals surface area contributed by atoms with Crippen LogP contribution in [-0.4, -0.2) is 31.6 Å². The van der Waals surface area contributed by atoms with Gasteiger partial charge in [-0.2, -0.15) is 0 Å². The highest BCUT2D eigenvalue weighted by molar-refractivity contribution is 5.79. The van der Waals surface area contributed by atoms with E-state index in [1.807, 2.05) is 30.3 Å². The van der Waals surface area contributed by atoms with Gasteiger partial charge < -0.3 is 21.1 Å². The number of primary amides is 1. The van der Waals surface area contributed by atoms with Crippen molar-refractivity contribution < 1.29 is 14.3 Å². The molecule has 1 aromatic rings. The molecule has 1 aromatic carbocycles. The molecule has 6 heteroatoms. The van der Waals surface area contributed by atoms with Crippen LogP contribution in [0.2, 0.25) is 0 Å². The van der Waals surface area contributed by atoms with E-state index in [2.05, 4.69) is 10.6 Å². The molecular formula is C15H23N3O3. The molecular weight excluding hydrogens is 270 g/mol. The molecule has 0 aliphatic rings. The minimum atomic E-state index is -0.432. The van der Waals surface area contributed by atoms with Gasteiger partial charge in [0.2, 0.25) is 5.91 Å². The number of benzene rings is 1. The van der Waals surface area contributed by atoms with Crippen molar-refractivity contribution in [2.24, 2.45) is 5.73 Å². The number of nitrogens with two attached hydrogens (primary N) is 1. The zero-order valence-electron chi connectivity index (χ0n) is 12.3. The van der Waals surface area contributed by atoms with Crippen LogP contribution in [0.5, 0.6) is 0 Å². The second-order valence-electron chi connectivity index (χ2n) is 4.73. The number of hydrogen-bond acceptors (Lipinski definition) is 4. The Bertz CT molecular complexity index is 437. The van der Waals surface area contributed by atoms with E-state index in [9.17, 15) is 9.59 Å². The van der Waals surface area contributed by atoms with Crippen molar-refractivity contribution in [1.29, 1.82) is 0 Å². The van der Waals surface area contributed by atoms with Crippen molar-refractivity contribution in [3.05, 3.63) is 35.9 Å². The van der Waals surface area contributed by atoms with Gasteiger partial charge in [-0.25, -0.2) is 4.79 Å². The summed E-state index contributed by atoms with van der Waals surface area (Å²) in [6.07, 6.45) is 1.80. The predicted molar refractivity (Wildman–Crippen MR) is 80.5 cm³/mol. The maximum Gasteiger partial charge on any atom is 0.407 e. The topological polar surface area (TPSA) is 93.4 Å². The molecule has 116 valence electrons. The number of carbonyl (C=O) groups excluding carboxylic acids is 2. The smallest absolute Gasteiger partial charge is 0.407 e. The predicted octanol–water partition coefficient (Wildman–Crippen LogP) is 1.16. The number of likely N-dealkylation sites (N-methyl/N-ethyl adjacent to an activating group) is 1. The van der Waals surface area contributed by atoms with E-state index in [-0.39, 0.29) is 18.6 Å². The van der Waals surface area contributed by atoms with Gasteiger partial charge >= 0.3 is 6.09 Å². The second kappa shape index (κ2) is 9.77. The summed E-state index contributed by atoms with van der Waals surface area (Å²) in [7, 11) is 1.70. The summed E-state index contributed by atoms with van der Waals surface area (Å²) in [4.78, 5) is 22.5. The van der Waals surface area contributed by atoms with Gasteiger partial charge in [0.15, 0.2) is 0 Å². The highest BCUT2D eigenvalue weighted by atomic mass is 16.5. The molecule has 0 radical (unpaired) electrons. The number of amides is 2. The van der Waals surface area contributed by atoms with Crippen molar-refractivity contribution in [2.45, 2.75) is 31.9 Å². The van der Waals surface area contributed by atoms with E-state index in [4.69, 9.17) is 10.5 Å². The molecule has 0 unspecified atom stereocenters. The largest absolute Gasteiger partial charge is 0.445 e. The first-order valence-corrected chi connectivity index (χ1v) is 7.04. The van der Waals surface area contributed by atoms with E-state index in [0.29, 0.717) is 13.0 Å². The summed E-state index contributed by atoms with van der Waals surface area (Å²) < 4.78 is 5.08. The van der Waals surface area contributed by atoms with Crippen LogP contribution >= 0.6 is 0 Å².